The molecule has 0 spiro atoms. The molecule has 2 aromatic rings. The molecule has 0 aliphatic rings. The summed E-state index contributed by atoms with van der Waals surface area (Å²) < 4.78 is 1.83. The van der Waals surface area contributed by atoms with Crippen molar-refractivity contribution in [3.63, 3.8) is 0 Å². The average molecular weight is 321 g/mol. The molecule has 0 bridgehead atoms. The molecule has 22 heavy (non-hydrogen) atoms. The van der Waals surface area contributed by atoms with Crippen molar-refractivity contribution in [2.75, 3.05) is 6.26 Å². The summed E-state index contributed by atoms with van der Waals surface area (Å²) >= 11 is 1.62. The zero-order valence-electron chi connectivity index (χ0n) is 12.8. The zero-order chi connectivity index (χ0) is 16.3. The number of hydrogen-bond donors (Lipinski definition) is 2. The van der Waals surface area contributed by atoms with E-state index in [0.29, 0.717) is 5.75 Å². The number of para-hydroxylation sites is 2. The highest BCUT2D eigenvalue weighted by atomic mass is 32.2. The Labute approximate surface area is 132 Å². The fourth-order valence-corrected chi connectivity index (χ4v) is 2.60. The lowest BCUT2D eigenvalue weighted by atomic mass is 10.1. The maximum absolute atomic E-state index is 12.2. The van der Waals surface area contributed by atoms with Crippen LogP contribution in [-0.2, 0) is 21.9 Å². The number of rotatable bonds is 6. The summed E-state index contributed by atoms with van der Waals surface area (Å²) in [5.41, 5.74) is 0.402. The van der Waals surface area contributed by atoms with Gasteiger partial charge in [-0.2, -0.15) is 11.8 Å². The number of carbonyl (C=O) groups excluding carboxylic acids is 1. The van der Waals surface area contributed by atoms with Gasteiger partial charge in [0.25, 0.3) is 0 Å². The van der Waals surface area contributed by atoms with Crippen LogP contribution in [0.4, 0.5) is 0 Å². The summed E-state index contributed by atoms with van der Waals surface area (Å²) in [4.78, 5) is 27.8. The van der Waals surface area contributed by atoms with E-state index in [4.69, 9.17) is 5.11 Å². The zero-order valence-corrected chi connectivity index (χ0v) is 13.6. The lowest BCUT2D eigenvalue weighted by Gasteiger charge is -2.21. The third-order valence-corrected chi connectivity index (χ3v) is 3.84. The van der Waals surface area contributed by atoms with Gasteiger partial charge >= 0.3 is 5.97 Å². The summed E-state index contributed by atoms with van der Waals surface area (Å²) in [6.07, 6.45) is 1.97. The van der Waals surface area contributed by atoms with E-state index in [0.717, 1.165) is 16.9 Å². The smallest absolute Gasteiger partial charge is 0.328 e. The monoisotopic (exact) mass is 321 g/mol. The normalized spacial score (nSPS) is 11.6. The van der Waals surface area contributed by atoms with Crippen molar-refractivity contribution in [3.05, 3.63) is 30.1 Å². The lowest BCUT2D eigenvalue weighted by molar-refractivity contribution is -0.146. The molecule has 1 heterocycles. The maximum atomic E-state index is 12.2. The molecule has 118 valence electrons. The van der Waals surface area contributed by atoms with Crippen molar-refractivity contribution in [2.24, 2.45) is 0 Å². The highest BCUT2D eigenvalue weighted by Gasteiger charge is 2.29. The van der Waals surface area contributed by atoms with Crippen molar-refractivity contribution in [2.45, 2.75) is 31.7 Å². The molecule has 7 heteroatoms. The number of aromatic nitrogens is 2. The SMILES string of the molecule is CSCc1nc2ccccc2n1CC(=O)NC(C)(C)C(=O)O. The molecule has 1 aromatic heterocycles. The predicted molar refractivity (Wildman–Crippen MR) is 86.8 cm³/mol. The van der Waals surface area contributed by atoms with Crippen molar-refractivity contribution in [1.82, 2.24) is 14.9 Å². The molecule has 0 aliphatic heterocycles. The minimum atomic E-state index is -1.30. The van der Waals surface area contributed by atoms with Crippen molar-refractivity contribution in [3.8, 4) is 0 Å². The molecule has 0 fully saturated rings. The Hall–Kier alpha value is -2.02. The second-order valence-electron chi connectivity index (χ2n) is 5.51. The van der Waals surface area contributed by atoms with E-state index in [9.17, 15) is 9.59 Å². The van der Waals surface area contributed by atoms with Crippen molar-refractivity contribution in [1.29, 1.82) is 0 Å². The third-order valence-electron chi connectivity index (χ3n) is 3.30. The predicted octanol–water partition coefficient (Wildman–Crippen LogP) is 1.88. The van der Waals surface area contributed by atoms with E-state index >= 15 is 0 Å². The first kappa shape index (κ1) is 16.4. The van der Waals surface area contributed by atoms with Crippen LogP contribution in [0, 0.1) is 0 Å². The lowest BCUT2D eigenvalue weighted by Crippen LogP contribution is -2.50. The molecule has 0 unspecified atom stereocenters. The molecule has 6 nitrogen and oxygen atoms in total. The molecule has 0 atom stereocenters. The Morgan fingerprint density at radius 1 is 1.36 bits per heavy atom. The highest BCUT2D eigenvalue weighted by Crippen LogP contribution is 2.19. The number of fused-ring (bicyclic) bond motifs is 1. The minimum absolute atomic E-state index is 0.0487. The molecule has 1 amide bonds. The molecular formula is C15H19N3O3S. The molecule has 0 saturated heterocycles. The largest absolute Gasteiger partial charge is 0.480 e. The highest BCUT2D eigenvalue weighted by molar-refractivity contribution is 7.97. The standard InChI is InChI=1S/C15H19N3O3S/c1-15(2,14(20)21)17-13(19)8-18-11-7-5-4-6-10(11)16-12(18)9-22-3/h4-7H,8-9H2,1-3H3,(H,17,19)(H,20,21). The molecule has 2 rings (SSSR count). The molecular weight excluding hydrogens is 302 g/mol. The molecule has 0 aliphatic carbocycles. The number of hydrogen-bond acceptors (Lipinski definition) is 4. The van der Waals surface area contributed by atoms with Crippen LogP contribution in [0.3, 0.4) is 0 Å². The van der Waals surface area contributed by atoms with Gasteiger partial charge in [0.05, 0.1) is 16.8 Å². The number of amides is 1. The van der Waals surface area contributed by atoms with Crippen LogP contribution < -0.4 is 5.32 Å². The Morgan fingerprint density at radius 2 is 2.05 bits per heavy atom. The Kier molecular flexibility index (Phi) is 4.75. The average Bonchev–Trinajstić information content (AvgIpc) is 2.76. The molecule has 0 radical (unpaired) electrons. The number of benzene rings is 1. The second-order valence-corrected chi connectivity index (χ2v) is 6.38. The van der Waals surface area contributed by atoms with Gasteiger partial charge in [0, 0.05) is 0 Å². The second kappa shape index (κ2) is 6.39. The van der Waals surface area contributed by atoms with Crippen molar-refractivity contribution >= 4 is 34.7 Å². The fourth-order valence-electron chi connectivity index (χ4n) is 2.13. The Morgan fingerprint density at radius 3 is 2.68 bits per heavy atom. The van der Waals surface area contributed by atoms with Gasteiger partial charge in [-0.05, 0) is 32.2 Å². The fraction of sp³-hybridized carbons (Fsp3) is 0.400. The van der Waals surface area contributed by atoms with Gasteiger partial charge in [-0.1, -0.05) is 12.1 Å². The van der Waals surface area contributed by atoms with Crippen LogP contribution in [0.2, 0.25) is 0 Å². The first-order valence-corrected chi connectivity index (χ1v) is 8.22. The van der Waals surface area contributed by atoms with Gasteiger partial charge in [0.2, 0.25) is 5.91 Å². The summed E-state index contributed by atoms with van der Waals surface area (Å²) in [6.45, 7) is 2.97. The number of nitrogens with zero attached hydrogens (tertiary/aromatic N) is 2. The third kappa shape index (κ3) is 3.41. The summed E-state index contributed by atoms with van der Waals surface area (Å²) in [5.74, 6) is 0.0696. The van der Waals surface area contributed by atoms with E-state index in [2.05, 4.69) is 10.3 Å². The molecule has 2 N–H and O–H groups in total. The van der Waals surface area contributed by atoms with Gasteiger partial charge < -0.3 is 15.0 Å². The van der Waals surface area contributed by atoms with Crippen LogP contribution in [0.15, 0.2) is 24.3 Å². The first-order chi connectivity index (χ1) is 10.3. The van der Waals surface area contributed by atoms with Gasteiger partial charge in [0.15, 0.2) is 0 Å². The van der Waals surface area contributed by atoms with Crippen LogP contribution in [0.25, 0.3) is 11.0 Å². The van der Waals surface area contributed by atoms with Crippen molar-refractivity contribution < 1.29 is 14.7 Å². The number of carboxylic acid groups (broad SMARTS) is 1. The van der Waals surface area contributed by atoms with Gasteiger partial charge in [-0.15, -0.1) is 0 Å². The van der Waals surface area contributed by atoms with Crippen LogP contribution in [0.1, 0.15) is 19.7 Å². The maximum Gasteiger partial charge on any atom is 0.328 e. The van der Waals surface area contributed by atoms with Crippen LogP contribution in [-0.4, -0.2) is 38.3 Å². The minimum Gasteiger partial charge on any atom is -0.480 e. The van der Waals surface area contributed by atoms with E-state index in [1.54, 1.807) is 11.8 Å². The van der Waals surface area contributed by atoms with Gasteiger partial charge in [-0.25, -0.2) is 9.78 Å². The van der Waals surface area contributed by atoms with Crippen LogP contribution in [0.5, 0.6) is 0 Å². The molecule has 1 aromatic carbocycles. The quantitative estimate of drug-likeness (QED) is 0.848. The molecule has 0 saturated carbocycles. The van der Waals surface area contributed by atoms with Gasteiger partial charge in [-0.3, -0.25) is 4.79 Å². The summed E-state index contributed by atoms with van der Waals surface area (Å²) in [5, 5.41) is 11.6. The number of thioether (sulfide) groups is 1. The van der Waals surface area contributed by atoms with E-state index in [1.165, 1.54) is 13.8 Å². The number of carbonyl (C=O) groups is 2. The number of nitrogens with one attached hydrogen (secondary N) is 1. The van der Waals surface area contributed by atoms with E-state index in [1.807, 2.05) is 35.1 Å². The van der Waals surface area contributed by atoms with E-state index in [-0.39, 0.29) is 12.5 Å². The van der Waals surface area contributed by atoms with E-state index < -0.39 is 11.5 Å². The van der Waals surface area contributed by atoms with Gasteiger partial charge in [0.1, 0.15) is 17.9 Å². The Bertz CT molecular complexity index is 709. The summed E-state index contributed by atoms with van der Waals surface area (Å²) in [6, 6.07) is 7.59. The Balaban J connectivity index is 2.28. The topological polar surface area (TPSA) is 84.2 Å². The van der Waals surface area contributed by atoms with Crippen LogP contribution >= 0.6 is 11.8 Å². The summed E-state index contributed by atoms with van der Waals surface area (Å²) in [7, 11) is 0. The number of carboxylic acids is 1. The number of imidazole rings is 1. The first-order valence-electron chi connectivity index (χ1n) is 6.82. The number of aliphatic carboxylic acids is 1.